The first-order valence-electron chi connectivity index (χ1n) is 10.2. The number of carbonyl (C=O) groups is 1. The Morgan fingerprint density at radius 3 is 2.48 bits per heavy atom. The zero-order valence-corrected chi connectivity index (χ0v) is 19.3. The van der Waals surface area contributed by atoms with Crippen LogP contribution in [-0.4, -0.2) is 76.1 Å². The minimum atomic E-state index is -5.05. The standard InChI is InChI=1S/C21H26F4N2O5S/c1-20(2,3)32-19(29)27(4)18-26-13-12(22)14(30-10-11-8-6-5-7-9-11)15(31-17(13)33-18)16(28)21(23,24)25/h5-9,12-17,28H,10H2,1-4H3/t12-,13+,14-,15-,16+,17+/m0/s1. The molecule has 0 aromatic heterocycles. The molecule has 184 valence electrons. The highest BCUT2D eigenvalue weighted by Crippen LogP contribution is 2.42. The highest BCUT2D eigenvalue weighted by atomic mass is 32.2. The van der Waals surface area contributed by atoms with Crippen molar-refractivity contribution in [3.63, 3.8) is 0 Å². The van der Waals surface area contributed by atoms with Crippen LogP contribution in [0.15, 0.2) is 35.3 Å². The molecule has 3 rings (SSSR count). The van der Waals surface area contributed by atoms with Crippen molar-refractivity contribution < 1.29 is 41.7 Å². The van der Waals surface area contributed by atoms with Gasteiger partial charge in [0, 0.05) is 7.05 Å². The van der Waals surface area contributed by atoms with Crippen LogP contribution >= 0.6 is 11.8 Å². The van der Waals surface area contributed by atoms with Crippen LogP contribution in [0, 0.1) is 0 Å². The van der Waals surface area contributed by atoms with Crippen LogP contribution in [0.25, 0.3) is 0 Å². The zero-order valence-electron chi connectivity index (χ0n) is 18.5. The number of amides is 1. The van der Waals surface area contributed by atoms with Crippen LogP contribution in [0.4, 0.5) is 22.4 Å². The fourth-order valence-electron chi connectivity index (χ4n) is 3.30. The van der Waals surface area contributed by atoms with E-state index in [2.05, 4.69) is 4.99 Å². The summed E-state index contributed by atoms with van der Waals surface area (Å²) in [6.45, 7) is 4.82. The van der Waals surface area contributed by atoms with E-state index in [0.717, 1.165) is 16.7 Å². The summed E-state index contributed by atoms with van der Waals surface area (Å²) in [5.41, 5.74) is -1.36. The van der Waals surface area contributed by atoms with E-state index in [1.807, 2.05) is 0 Å². The van der Waals surface area contributed by atoms with E-state index in [9.17, 15) is 23.1 Å². The number of aliphatic imine (C=N–C) groups is 1. The minimum absolute atomic E-state index is 0.0332. The molecule has 12 heteroatoms. The summed E-state index contributed by atoms with van der Waals surface area (Å²) in [5.74, 6) is 0. The van der Waals surface area contributed by atoms with Gasteiger partial charge in [-0.05, 0) is 26.3 Å². The molecule has 2 aliphatic rings. The Kier molecular flexibility index (Phi) is 7.62. The molecule has 33 heavy (non-hydrogen) atoms. The minimum Gasteiger partial charge on any atom is -0.443 e. The number of fused-ring (bicyclic) bond motifs is 1. The molecule has 2 aliphatic heterocycles. The first kappa shape index (κ1) is 25.7. The summed E-state index contributed by atoms with van der Waals surface area (Å²) in [7, 11) is 1.36. The van der Waals surface area contributed by atoms with Gasteiger partial charge in [-0.15, -0.1) is 0 Å². The van der Waals surface area contributed by atoms with Gasteiger partial charge in [-0.3, -0.25) is 9.89 Å². The maximum absolute atomic E-state index is 15.5. The number of thioether (sulfide) groups is 1. The maximum atomic E-state index is 15.5. The molecule has 1 fully saturated rings. The maximum Gasteiger partial charge on any atom is 0.417 e. The lowest BCUT2D eigenvalue weighted by molar-refractivity contribution is -0.273. The Morgan fingerprint density at radius 2 is 1.91 bits per heavy atom. The fraction of sp³-hybridized carbons (Fsp3) is 0.619. The molecule has 1 N–H and O–H groups in total. The fourth-order valence-corrected chi connectivity index (χ4v) is 4.46. The molecule has 6 atom stereocenters. The molecule has 0 bridgehead atoms. The average molecular weight is 495 g/mol. The second-order valence-electron chi connectivity index (χ2n) is 8.72. The van der Waals surface area contributed by atoms with Crippen molar-refractivity contribution in [1.82, 2.24) is 4.90 Å². The van der Waals surface area contributed by atoms with Gasteiger partial charge in [-0.2, -0.15) is 13.2 Å². The van der Waals surface area contributed by atoms with Gasteiger partial charge in [0.25, 0.3) is 0 Å². The van der Waals surface area contributed by atoms with Crippen LogP contribution < -0.4 is 0 Å². The molecule has 1 aromatic rings. The largest absolute Gasteiger partial charge is 0.443 e. The number of rotatable bonds is 4. The molecule has 7 nitrogen and oxygen atoms in total. The molecule has 1 amide bonds. The Balaban J connectivity index is 1.81. The van der Waals surface area contributed by atoms with Crippen LogP contribution in [0.5, 0.6) is 0 Å². The molecular weight excluding hydrogens is 468 g/mol. The van der Waals surface area contributed by atoms with Gasteiger partial charge in [0.1, 0.15) is 29.3 Å². The molecule has 1 saturated heterocycles. The van der Waals surface area contributed by atoms with Crippen LogP contribution in [0.1, 0.15) is 26.3 Å². The molecular formula is C21H26F4N2O5S. The Bertz CT molecular complexity index is 864. The van der Waals surface area contributed by atoms with Crippen molar-refractivity contribution in [2.75, 3.05) is 7.05 Å². The summed E-state index contributed by atoms with van der Waals surface area (Å²) < 4.78 is 71.6. The number of amidine groups is 1. The number of hydrogen-bond donors (Lipinski definition) is 1. The van der Waals surface area contributed by atoms with Gasteiger partial charge in [0.05, 0.1) is 6.61 Å². The number of aliphatic hydroxyl groups excluding tert-OH is 1. The van der Waals surface area contributed by atoms with E-state index in [1.54, 1.807) is 51.1 Å². The zero-order chi connectivity index (χ0) is 24.6. The van der Waals surface area contributed by atoms with Gasteiger partial charge in [0.15, 0.2) is 17.4 Å². The molecule has 0 unspecified atom stereocenters. The van der Waals surface area contributed by atoms with Crippen molar-refractivity contribution >= 4 is 23.0 Å². The summed E-state index contributed by atoms with van der Waals surface area (Å²) in [5, 5.41) is 9.91. The molecule has 1 aromatic carbocycles. The van der Waals surface area contributed by atoms with Crippen molar-refractivity contribution in [3.8, 4) is 0 Å². The van der Waals surface area contributed by atoms with E-state index in [0.29, 0.717) is 5.56 Å². The number of ether oxygens (including phenoxy) is 3. The number of nitrogens with zero attached hydrogens (tertiary/aromatic N) is 2. The van der Waals surface area contributed by atoms with E-state index < -0.39 is 53.8 Å². The normalized spacial score (nSPS) is 28.6. The number of alkyl halides is 4. The molecule has 0 aliphatic carbocycles. The first-order valence-corrected chi connectivity index (χ1v) is 11.1. The van der Waals surface area contributed by atoms with Crippen molar-refractivity contribution in [2.24, 2.45) is 4.99 Å². The number of carbonyl (C=O) groups excluding carboxylic acids is 1. The van der Waals surface area contributed by atoms with Gasteiger partial charge in [-0.1, -0.05) is 42.1 Å². The SMILES string of the molecule is CN(C(=O)OC(C)(C)C)C1=N[C@@H]2[C@H](F)[C@H](OCc3ccccc3)[C@@H]([C@@H](O)C(F)(F)F)O[C@@H]2S1. The third kappa shape index (κ3) is 6.17. The number of halogens is 4. The summed E-state index contributed by atoms with van der Waals surface area (Å²) in [6.07, 6.45) is -14.5. The molecule has 0 radical (unpaired) electrons. The van der Waals surface area contributed by atoms with E-state index in [4.69, 9.17) is 14.2 Å². The van der Waals surface area contributed by atoms with E-state index in [-0.39, 0.29) is 11.8 Å². The second kappa shape index (κ2) is 9.77. The Labute approximate surface area is 193 Å². The number of hydrogen-bond acceptors (Lipinski definition) is 7. The van der Waals surface area contributed by atoms with E-state index >= 15 is 4.39 Å². The highest BCUT2D eigenvalue weighted by molar-refractivity contribution is 8.14. The van der Waals surface area contributed by atoms with Crippen LogP contribution in [0.3, 0.4) is 0 Å². The second-order valence-corrected chi connectivity index (χ2v) is 9.79. The topological polar surface area (TPSA) is 80.6 Å². The van der Waals surface area contributed by atoms with Crippen molar-refractivity contribution in [1.29, 1.82) is 0 Å². The van der Waals surface area contributed by atoms with Gasteiger partial charge in [0.2, 0.25) is 0 Å². The first-order chi connectivity index (χ1) is 15.3. The van der Waals surface area contributed by atoms with Crippen molar-refractivity contribution in [2.45, 2.75) is 75.1 Å². The Morgan fingerprint density at radius 1 is 1.27 bits per heavy atom. The van der Waals surface area contributed by atoms with Gasteiger partial charge < -0.3 is 19.3 Å². The molecule has 2 heterocycles. The lowest BCUT2D eigenvalue weighted by atomic mass is 9.95. The summed E-state index contributed by atoms with van der Waals surface area (Å²) in [4.78, 5) is 17.5. The monoisotopic (exact) mass is 494 g/mol. The third-order valence-electron chi connectivity index (χ3n) is 4.90. The van der Waals surface area contributed by atoms with Crippen molar-refractivity contribution in [3.05, 3.63) is 35.9 Å². The predicted octanol–water partition coefficient (Wildman–Crippen LogP) is 3.90. The molecule has 0 saturated carbocycles. The smallest absolute Gasteiger partial charge is 0.417 e. The van der Waals surface area contributed by atoms with Crippen LogP contribution in [0.2, 0.25) is 0 Å². The quantitative estimate of drug-likeness (QED) is 0.640. The highest BCUT2D eigenvalue weighted by Gasteiger charge is 2.58. The number of benzene rings is 1. The predicted molar refractivity (Wildman–Crippen MR) is 113 cm³/mol. The lowest BCUT2D eigenvalue weighted by Gasteiger charge is -2.41. The number of aliphatic hydroxyl groups is 1. The third-order valence-corrected chi connectivity index (χ3v) is 6.11. The van der Waals surface area contributed by atoms with Gasteiger partial charge >= 0.3 is 12.3 Å². The molecule has 0 spiro atoms. The summed E-state index contributed by atoms with van der Waals surface area (Å²) >= 11 is 0.788. The Hall–Kier alpha value is -1.89. The summed E-state index contributed by atoms with van der Waals surface area (Å²) in [6, 6.07) is 7.28. The van der Waals surface area contributed by atoms with E-state index in [1.165, 1.54) is 7.05 Å². The van der Waals surface area contributed by atoms with Crippen LogP contribution in [-0.2, 0) is 20.8 Å². The average Bonchev–Trinajstić information content (AvgIpc) is 3.15. The lowest BCUT2D eigenvalue weighted by Crippen LogP contribution is -2.60. The van der Waals surface area contributed by atoms with Gasteiger partial charge in [-0.25, -0.2) is 9.18 Å².